The molecule has 0 aliphatic carbocycles. The van der Waals surface area contributed by atoms with Crippen molar-refractivity contribution in [2.75, 3.05) is 37.4 Å². The molecule has 0 aliphatic heterocycles. The highest BCUT2D eigenvalue weighted by molar-refractivity contribution is 5.94. The highest BCUT2D eigenvalue weighted by Crippen LogP contribution is 2.17. The molecule has 0 bridgehead atoms. The quantitative estimate of drug-likeness (QED) is 0.599. The van der Waals surface area contributed by atoms with Crippen LogP contribution in [0.5, 0.6) is 11.5 Å². The number of benzene rings is 2. The summed E-state index contributed by atoms with van der Waals surface area (Å²) in [6.07, 6.45) is 0. The molecule has 0 saturated heterocycles. The number of nitrogens with one attached hydrogen (secondary N) is 3. The van der Waals surface area contributed by atoms with Crippen molar-refractivity contribution in [2.45, 2.75) is 6.92 Å². The Morgan fingerprint density at radius 3 is 2.27 bits per heavy atom. The molecule has 2 aromatic carbocycles. The number of carbonyl (C=O) groups is 2. The number of hydrogen-bond donors (Lipinski definition) is 3. The highest BCUT2D eigenvalue weighted by Gasteiger charge is 2.03. The van der Waals surface area contributed by atoms with Crippen molar-refractivity contribution in [1.82, 2.24) is 5.32 Å². The summed E-state index contributed by atoms with van der Waals surface area (Å²) in [5.74, 6) is 1.18. The molecule has 0 heterocycles. The fraction of sp³-hybridized carbons (Fsp3) is 0.263. The summed E-state index contributed by atoms with van der Waals surface area (Å²) in [7, 11) is 1.61. The van der Waals surface area contributed by atoms with E-state index in [2.05, 4.69) is 16.0 Å². The largest absolute Gasteiger partial charge is 0.497 e. The predicted octanol–water partition coefficient (Wildman–Crippen LogP) is 2.26. The first kappa shape index (κ1) is 19.3. The van der Waals surface area contributed by atoms with Crippen molar-refractivity contribution < 1.29 is 19.1 Å². The fourth-order valence-corrected chi connectivity index (χ4v) is 2.20. The molecule has 7 heteroatoms. The Morgan fingerprint density at radius 1 is 0.962 bits per heavy atom. The van der Waals surface area contributed by atoms with E-state index in [-0.39, 0.29) is 18.4 Å². The number of carbonyl (C=O) groups excluding carboxylic acids is 2. The van der Waals surface area contributed by atoms with E-state index in [4.69, 9.17) is 9.47 Å². The molecule has 138 valence electrons. The zero-order valence-electron chi connectivity index (χ0n) is 14.9. The van der Waals surface area contributed by atoms with Crippen LogP contribution in [0.2, 0.25) is 0 Å². The van der Waals surface area contributed by atoms with Crippen LogP contribution in [0.3, 0.4) is 0 Å². The molecule has 0 saturated carbocycles. The van der Waals surface area contributed by atoms with Gasteiger partial charge in [0.25, 0.3) is 0 Å². The number of hydrogen-bond acceptors (Lipinski definition) is 5. The SMILES string of the molecule is COc1ccc(OCCNCC(=O)Nc2cccc(NC(C)=O)c2)cc1. The van der Waals surface area contributed by atoms with Crippen LogP contribution in [0.4, 0.5) is 11.4 Å². The minimum absolute atomic E-state index is 0.160. The smallest absolute Gasteiger partial charge is 0.238 e. The molecule has 2 amide bonds. The number of amides is 2. The standard InChI is InChI=1S/C19H23N3O4/c1-14(23)21-15-4-3-5-16(12-15)22-19(24)13-20-10-11-26-18-8-6-17(25-2)7-9-18/h3-9,12,20H,10-11,13H2,1-2H3,(H,21,23)(H,22,24). The van der Waals surface area contributed by atoms with Crippen molar-refractivity contribution in [3.8, 4) is 11.5 Å². The Morgan fingerprint density at radius 2 is 1.62 bits per heavy atom. The van der Waals surface area contributed by atoms with Gasteiger partial charge in [0.15, 0.2) is 0 Å². The van der Waals surface area contributed by atoms with Gasteiger partial charge in [-0.2, -0.15) is 0 Å². The Bertz CT molecular complexity index is 732. The van der Waals surface area contributed by atoms with Gasteiger partial charge in [-0.3, -0.25) is 9.59 Å². The third-order valence-corrected chi connectivity index (χ3v) is 3.36. The maximum absolute atomic E-state index is 11.9. The Kier molecular flexibility index (Phi) is 7.45. The lowest BCUT2D eigenvalue weighted by atomic mass is 10.2. The third kappa shape index (κ3) is 6.82. The molecule has 0 aromatic heterocycles. The number of anilines is 2. The second-order valence-corrected chi connectivity index (χ2v) is 5.51. The Balaban J connectivity index is 1.66. The summed E-state index contributed by atoms with van der Waals surface area (Å²) in [5.41, 5.74) is 1.26. The van der Waals surface area contributed by atoms with Gasteiger partial charge in [0.1, 0.15) is 18.1 Å². The summed E-state index contributed by atoms with van der Waals surface area (Å²) in [6.45, 7) is 2.57. The van der Waals surface area contributed by atoms with E-state index >= 15 is 0 Å². The topological polar surface area (TPSA) is 88.7 Å². The van der Waals surface area contributed by atoms with E-state index < -0.39 is 0 Å². The van der Waals surface area contributed by atoms with Crippen LogP contribution in [0.15, 0.2) is 48.5 Å². The zero-order valence-corrected chi connectivity index (χ0v) is 14.9. The average molecular weight is 357 g/mol. The minimum Gasteiger partial charge on any atom is -0.497 e. The van der Waals surface area contributed by atoms with Crippen LogP contribution in [-0.4, -0.2) is 38.6 Å². The van der Waals surface area contributed by atoms with Crippen molar-refractivity contribution in [3.63, 3.8) is 0 Å². The van der Waals surface area contributed by atoms with Gasteiger partial charge in [-0.15, -0.1) is 0 Å². The van der Waals surface area contributed by atoms with E-state index in [0.717, 1.165) is 11.5 Å². The van der Waals surface area contributed by atoms with Crippen molar-refractivity contribution in [3.05, 3.63) is 48.5 Å². The first-order valence-electron chi connectivity index (χ1n) is 8.22. The van der Waals surface area contributed by atoms with Crippen LogP contribution < -0.4 is 25.4 Å². The molecule has 0 fully saturated rings. The molecule has 3 N–H and O–H groups in total. The second kappa shape index (κ2) is 10.0. The zero-order chi connectivity index (χ0) is 18.8. The highest BCUT2D eigenvalue weighted by atomic mass is 16.5. The predicted molar refractivity (Wildman–Crippen MR) is 101 cm³/mol. The first-order chi connectivity index (χ1) is 12.6. The lowest BCUT2D eigenvalue weighted by molar-refractivity contribution is -0.115. The van der Waals surface area contributed by atoms with Crippen LogP contribution in [0.25, 0.3) is 0 Å². The van der Waals surface area contributed by atoms with Gasteiger partial charge < -0.3 is 25.4 Å². The fourth-order valence-electron chi connectivity index (χ4n) is 2.20. The van der Waals surface area contributed by atoms with Gasteiger partial charge in [-0.1, -0.05) is 6.07 Å². The maximum atomic E-state index is 11.9. The molecule has 0 unspecified atom stereocenters. The number of ether oxygens (including phenoxy) is 2. The summed E-state index contributed by atoms with van der Waals surface area (Å²) < 4.78 is 10.6. The van der Waals surface area contributed by atoms with Gasteiger partial charge in [-0.25, -0.2) is 0 Å². The molecule has 26 heavy (non-hydrogen) atoms. The average Bonchev–Trinajstić information content (AvgIpc) is 2.61. The van der Waals surface area contributed by atoms with Crippen LogP contribution >= 0.6 is 0 Å². The van der Waals surface area contributed by atoms with Crippen LogP contribution in [0, 0.1) is 0 Å². The van der Waals surface area contributed by atoms with Crippen LogP contribution in [0.1, 0.15) is 6.92 Å². The normalized spacial score (nSPS) is 10.1. The summed E-state index contributed by atoms with van der Waals surface area (Å²) >= 11 is 0. The van der Waals surface area contributed by atoms with Crippen molar-refractivity contribution >= 4 is 23.2 Å². The molecular formula is C19H23N3O4. The monoisotopic (exact) mass is 357 g/mol. The van der Waals surface area contributed by atoms with Gasteiger partial charge in [-0.05, 0) is 42.5 Å². The van der Waals surface area contributed by atoms with E-state index in [1.807, 2.05) is 24.3 Å². The lowest BCUT2D eigenvalue weighted by Crippen LogP contribution is -2.31. The molecule has 2 aromatic rings. The number of rotatable bonds is 9. The Labute approximate surface area is 152 Å². The molecule has 0 spiro atoms. The summed E-state index contributed by atoms with van der Waals surface area (Å²) in [6, 6.07) is 14.3. The van der Waals surface area contributed by atoms with Gasteiger partial charge >= 0.3 is 0 Å². The second-order valence-electron chi connectivity index (χ2n) is 5.51. The van der Waals surface area contributed by atoms with Gasteiger partial charge in [0.05, 0.1) is 13.7 Å². The van der Waals surface area contributed by atoms with E-state index in [9.17, 15) is 9.59 Å². The van der Waals surface area contributed by atoms with E-state index in [1.54, 1.807) is 31.4 Å². The van der Waals surface area contributed by atoms with Gasteiger partial charge in [0, 0.05) is 24.8 Å². The van der Waals surface area contributed by atoms with Crippen LogP contribution in [-0.2, 0) is 9.59 Å². The molecule has 0 atom stereocenters. The molecule has 7 nitrogen and oxygen atoms in total. The number of methoxy groups -OCH3 is 1. The van der Waals surface area contributed by atoms with Crippen molar-refractivity contribution in [1.29, 1.82) is 0 Å². The molecule has 0 aliphatic rings. The lowest BCUT2D eigenvalue weighted by Gasteiger charge is -2.10. The van der Waals surface area contributed by atoms with E-state index in [0.29, 0.717) is 24.5 Å². The molecular weight excluding hydrogens is 334 g/mol. The van der Waals surface area contributed by atoms with Crippen molar-refractivity contribution in [2.24, 2.45) is 0 Å². The van der Waals surface area contributed by atoms with Gasteiger partial charge in [0.2, 0.25) is 11.8 Å². The summed E-state index contributed by atoms with van der Waals surface area (Å²) in [5, 5.41) is 8.45. The molecule has 2 rings (SSSR count). The third-order valence-electron chi connectivity index (χ3n) is 3.36. The first-order valence-corrected chi connectivity index (χ1v) is 8.22. The molecule has 0 radical (unpaired) electrons. The minimum atomic E-state index is -0.172. The summed E-state index contributed by atoms with van der Waals surface area (Å²) in [4.78, 5) is 23.0. The maximum Gasteiger partial charge on any atom is 0.238 e. The van der Waals surface area contributed by atoms with E-state index in [1.165, 1.54) is 6.92 Å². The Hall–Kier alpha value is -3.06.